The first-order chi connectivity index (χ1) is 16.8. The predicted molar refractivity (Wildman–Crippen MR) is 122 cm³/mol. The molecular formula is C26H22F3N3O3. The highest BCUT2D eigenvalue weighted by Crippen LogP contribution is 2.35. The van der Waals surface area contributed by atoms with Crippen molar-refractivity contribution in [3.63, 3.8) is 0 Å². The molecule has 2 aromatic carbocycles. The van der Waals surface area contributed by atoms with E-state index < -0.39 is 23.1 Å². The van der Waals surface area contributed by atoms with E-state index in [1.54, 1.807) is 29.9 Å². The molecule has 2 aromatic heterocycles. The number of carbonyl (C=O) groups is 1. The molecule has 35 heavy (non-hydrogen) atoms. The zero-order valence-electron chi connectivity index (χ0n) is 18.8. The number of carbonyl (C=O) groups excluding carboxylic acids is 1. The summed E-state index contributed by atoms with van der Waals surface area (Å²) >= 11 is 0. The summed E-state index contributed by atoms with van der Waals surface area (Å²) in [6, 6.07) is 16.1. The van der Waals surface area contributed by atoms with Crippen LogP contribution in [0.3, 0.4) is 0 Å². The van der Waals surface area contributed by atoms with Crippen LogP contribution in [0.25, 0.3) is 16.8 Å². The Labute approximate surface area is 199 Å². The van der Waals surface area contributed by atoms with Crippen molar-refractivity contribution in [2.75, 3.05) is 13.2 Å². The average molecular weight is 481 g/mol. The maximum atomic E-state index is 13.5. The number of halogens is 3. The van der Waals surface area contributed by atoms with Crippen LogP contribution in [0.5, 0.6) is 0 Å². The Balaban J connectivity index is 1.57. The van der Waals surface area contributed by atoms with E-state index in [1.165, 1.54) is 12.1 Å². The van der Waals surface area contributed by atoms with Gasteiger partial charge in [-0.1, -0.05) is 42.5 Å². The van der Waals surface area contributed by atoms with Crippen molar-refractivity contribution in [3.05, 3.63) is 89.9 Å². The summed E-state index contributed by atoms with van der Waals surface area (Å²) in [5.74, 6) is -0.409. The first kappa shape index (κ1) is 23.0. The fraction of sp³-hybridized carbons (Fsp3) is 0.269. The smallest absolute Gasteiger partial charge is 0.416 e. The van der Waals surface area contributed by atoms with Gasteiger partial charge in [-0.15, -0.1) is 0 Å². The second kappa shape index (κ2) is 8.81. The number of hydrogen-bond acceptors (Lipinski definition) is 5. The molecule has 4 aromatic rings. The molecular weight excluding hydrogens is 459 g/mol. The summed E-state index contributed by atoms with van der Waals surface area (Å²) < 4.78 is 51.4. The van der Waals surface area contributed by atoms with E-state index >= 15 is 0 Å². The lowest BCUT2D eigenvalue weighted by molar-refractivity contribution is -0.178. The van der Waals surface area contributed by atoms with Crippen molar-refractivity contribution >= 4 is 11.6 Å². The van der Waals surface area contributed by atoms with Crippen molar-refractivity contribution < 1.29 is 27.4 Å². The van der Waals surface area contributed by atoms with Gasteiger partial charge in [0, 0.05) is 11.8 Å². The average Bonchev–Trinajstić information content (AvgIpc) is 3.25. The van der Waals surface area contributed by atoms with Gasteiger partial charge in [0.2, 0.25) is 0 Å². The van der Waals surface area contributed by atoms with Crippen LogP contribution in [0, 0.1) is 0 Å². The first-order valence-electron chi connectivity index (χ1n) is 11.1. The molecule has 180 valence electrons. The molecule has 5 rings (SSSR count). The van der Waals surface area contributed by atoms with Crippen molar-refractivity contribution in [1.82, 2.24) is 14.6 Å². The number of ether oxygens (including phenoxy) is 2. The van der Waals surface area contributed by atoms with Gasteiger partial charge in [0.15, 0.2) is 5.65 Å². The third-order valence-electron chi connectivity index (χ3n) is 6.22. The highest BCUT2D eigenvalue weighted by atomic mass is 19.4. The zero-order chi connectivity index (χ0) is 24.6. The number of rotatable bonds is 6. The van der Waals surface area contributed by atoms with E-state index in [0.717, 1.165) is 17.7 Å². The van der Waals surface area contributed by atoms with Gasteiger partial charge in [-0.3, -0.25) is 4.79 Å². The number of hydrogen-bond donors (Lipinski definition) is 0. The van der Waals surface area contributed by atoms with Gasteiger partial charge in [0.1, 0.15) is 11.5 Å². The molecule has 1 saturated heterocycles. The van der Waals surface area contributed by atoms with Crippen LogP contribution in [-0.4, -0.2) is 39.9 Å². The normalized spacial score (nSPS) is 16.0. The molecule has 0 amide bonds. The summed E-state index contributed by atoms with van der Waals surface area (Å²) in [6.07, 6.45) is -1.24. The Morgan fingerprint density at radius 1 is 1.09 bits per heavy atom. The lowest BCUT2D eigenvalue weighted by atomic mass is 9.80. The van der Waals surface area contributed by atoms with Gasteiger partial charge in [0.05, 0.1) is 30.7 Å². The molecule has 1 aliphatic heterocycles. The van der Waals surface area contributed by atoms with Gasteiger partial charge in [-0.2, -0.15) is 18.3 Å². The number of fused-ring (bicyclic) bond motifs is 1. The van der Waals surface area contributed by atoms with E-state index in [-0.39, 0.29) is 6.10 Å². The second-order valence-corrected chi connectivity index (χ2v) is 8.76. The molecule has 0 N–H and O–H groups in total. The molecule has 1 atom stereocenters. The van der Waals surface area contributed by atoms with Crippen LogP contribution >= 0.6 is 0 Å². The van der Waals surface area contributed by atoms with Crippen LogP contribution in [0.1, 0.15) is 23.7 Å². The largest absolute Gasteiger partial charge is 0.457 e. The van der Waals surface area contributed by atoms with Crippen LogP contribution in [0.2, 0.25) is 0 Å². The zero-order valence-corrected chi connectivity index (χ0v) is 18.8. The second-order valence-electron chi connectivity index (χ2n) is 8.76. The predicted octanol–water partition coefficient (Wildman–Crippen LogP) is 4.86. The quantitative estimate of drug-likeness (QED) is 0.368. The maximum absolute atomic E-state index is 13.5. The fourth-order valence-corrected chi connectivity index (χ4v) is 4.19. The minimum Gasteiger partial charge on any atom is -0.457 e. The van der Waals surface area contributed by atoms with Crippen molar-refractivity contribution in [2.24, 2.45) is 0 Å². The lowest BCUT2D eigenvalue weighted by Crippen LogP contribution is -2.45. The Morgan fingerprint density at radius 3 is 2.43 bits per heavy atom. The summed E-state index contributed by atoms with van der Waals surface area (Å²) in [5, 5.41) is 4.47. The molecule has 3 heterocycles. The third kappa shape index (κ3) is 4.39. The monoisotopic (exact) mass is 481 g/mol. The summed E-state index contributed by atoms with van der Waals surface area (Å²) in [7, 11) is 0. The molecule has 0 aliphatic carbocycles. The molecule has 1 unspecified atom stereocenters. The summed E-state index contributed by atoms with van der Waals surface area (Å²) in [5.41, 5.74) is 1.19. The Morgan fingerprint density at radius 2 is 1.80 bits per heavy atom. The van der Waals surface area contributed by atoms with E-state index in [4.69, 9.17) is 9.47 Å². The third-order valence-corrected chi connectivity index (χ3v) is 6.22. The lowest BCUT2D eigenvalue weighted by Gasteiger charge is -2.33. The highest BCUT2D eigenvalue weighted by Gasteiger charge is 2.42. The number of benzene rings is 2. The Hall–Kier alpha value is -3.72. The summed E-state index contributed by atoms with van der Waals surface area (Å²) in [4.78, 5) is 17.9. The van der Waals surface area contributed by atoms with Gasteiger partial charge in [-0.05, 0) is 42.7 Å². The van der Waals surface area contributed by atoms with Crippen molar-refractivity contribution in [1.29, 1.82) is 0 Å². The van der Waals surface area contributed by atoms with Gasteiger partial charge >= 0.3 is 12.1 Å². The SMILES string of the molecule is CC(Cc1ccccc1)(C(=O)OC1COC1)c1ccnc2c(-c3ccc(C(F)(F)F)cc3)cnn12. The van der Waals surface area contributed by atoms with Crippen molar-refractivity contribution in [2.45, 2.75) is 31.0 Å². The van der Waals surface area contributed by atoms with Gasteiger partial charge in [0.25, 0.3) is 0 Å². The Kier molecular flexibility index (Phi) is 5.80. The van der Waals surface area contributed by atoms with E-state index in [0.29, 0.717) is 42.1 Å². The standard InChI is InChI=1S/C26H22F3N3O3/c1-25(13-17-5-3-2-4-6-17,24(33)35-20-15-34-16-20)22-11-12-30-23-21(14-31-32(22)23)18-7-9-19(10-8-18)26(27,28)29/h2-12,14,20H,13,15-16H2,1H3. The molecule has 0 radical (unpaired) electrons. The van der Waals surface area contributed by atoms with Crippen molar-refractivity contribution in [3.8, 4) is 11.1 Å². The maximum Gasteiger partial charge on any atom is 0.416 e. The van der Waals surface area contributed by atoms with Crippen LogP contribution in [-0.2, 0) is 32.3 Å². The first-order valence-corrected chi connectivity index (χ1v) is 11.1. The van der Waals surface area contributed by atoms with E-state index in [9.17, 15) is 18.0 Å². The molecule has 1 aliphatic rings. The van der Waals surface area contributed by atoms with Gasteiger partial charge < -0.3 is 9.47 Å². The van der Waals surface area contributed by atoms with E-state index in [1.807, 2.05) is 30.3 Å². The van der Waals surface area contributed by atoms with Crippen LogP contribution in [0.4, 0.5) is 13.2 Å². The molecule has 6 nitrogen and oxygen atoms in total. The van der Waals surface area contributed by atoms with Crippen LogP contribution in [0.15, 0.2) is 73.1 Å². The molecule has 0 saturated carbocycles. The van der Waals surface area contributed by atoms with Crippen LogP contribution < -0.4 is 0 Å². The number of esters is 1. The molecule has 9 heteroatoms. The topological polar surface area (TPSA) is 65.7 Å². The fourth-order valence-electron chi connectivity index (χ4n) is 4.19. The minimum atomic E-state index is -4.42. The highest BCUT2D eigenvalue weighted by molar-refractivity contribution is 5.84. The molecule has 0 spiro atoms. The molecule has 1 fully saturated rings. The number of nitrogens with zero attached hydrogens (tertiary/aromatic N) is 3. The van der Waals surface area contributed by atoms with Gasteiger partial charge in [-0.25, -0.2) is 9.50 Å². The summed E-state index contributed by atoms with van der Waals surface area (Å²) in [6.45, 7) is 2.52. The minimum absolute atomic E-state index is 0.296. The Bertz CT molecular complexity index is 1350. The molecule has 0 bridgehead atoms. The number of alkyl halides is 3. The number of aromatic nitrogens is 3. The van der Waals surface area contributed by atoms with E-state index in [2.05, 4.69) is 10.1 Å².